The molecule has 150 valence electrons. The van der Waals surface area contributed by atoms with Gasteiger partial charge >= 0.3 is 18.2 Å². The van der Waals surface area contributed by atoms with E-state index >= 15 is 0 Å². The highest BCUT2D eigenvalue weighted by Crippen LogP contribution is 2.37. The number of likely N-dealkylation sites (tertiary alicyclic amines) is 1. The first kappa shape index (κ1) is 20.9. The molecule has 2 N–H and O–H groups in total. The van der Waals surface area contributed by atoms with Gasteiger partial charge in [0.25, 0.3) is 0 Å². The summed E-state index contributed by atoms with van der Waals surface area (Å²) in [5.74, 6) is -4.27. The lowest BCUT2D eigenvalue weighted by Crippen LogP contribution is -2.39. The van der Waals surface area contributed by atoms with Crippen molar-refractivity contribution in [1.29, 1.82) is 0 Å². The average molecular weight is 388 g/mol. The molecule has 0 spiro atoms. The van der Waals surface area contributed by atoms with E-state index in [2.05, 4.69) is 5.32 Å². The van der Waals surface area contributed by atoms with Crippen LogP contribution in [0.5, 0.6) is 5.75 Å². The number of halogens is 3. The van der Waals surface area contributed by atoms with Crippen molar-refractivity contribution in [2.24, 2.45) is 17.8 Å². The molecule has 0 radical (unpaired) electrons. The zero-order valence-corrected chi connectivity index (χ0v) is 15.1. The summed E-state index contributed by atoms with van der Waals surface area (Å²) in [6.45, 7) is 3.53. The Bertz CT molecular complexity index is 679. The number of hydrogen-bond acceptors (Lipinski definition) is 3. The maximum Gasteiger partial charge on any atom is 0.394 e. The molecule has 0 aliphatic carbocycles. The second kappa shape index (κ2) is 8.49. The van der Waals surface area contributed by atoms with Gasteiger partial charge in [-0.1, -0.05) is 26.0 Å². The second-order valence-electron chi connectivity index (χ2n) is 7.01. The summed E-state index contributed by atoms with van der Waals surface area (Å²) in [4.78, 5) is 24.2. The van der Waals surface area contributed by atoms with Gasteiger partial charge in [0.05, 0.1) is 18.4 Å². The monoisotopic (exact) mass is 388 g/mol. The summed E-state index contributed by atoms with van der Waals surface area (Å²) in [5.41, 5.74) is 0.728. The highest BCUT2D eigenvalue weighted by molar-refractivity contribution is 5.77. The minimum Gasteiger partial charge on any atom is -0.493 e. The number of alkyl halides is 3. The van der Waals surface area contributed by atoms with E-state index in [1.165, 1.54) is 0 Å². The van der Waals surface area contributed by atoms with Crippen LogP contribution < -0.4 is 10.1 Å². The van der Waals surface area contributed by atoms with Crippen molar-refractivity contribution in [1.82, 2.24) is 10.2 Å². The van der Waals surface area contributed by atoms with Crippen LogP contribution in [0.15, 0.2) is 24.3 Å². The molecule has 9 heteroatoms. The van der Waals surface area contributed by atoms with E-state index in [0.717, 1.165) is 10.5 Å². The molecule has 1 saturated heterocycles. The molecular formula is C18H23F3N2O4. The fourth-order valence-corrected chi connectivity index (χ4v) is 2.85. The first-order chi connectivity index (χ1) is 12.6. The van der Waals surface area contributed by atoms with Gasteiger partial charge in [0.2, 0.25) is 0 Å². The SMILES string of the molecule is CC(C)COc1cccc(CNC(=O)N2C[C@@H](C(F)(F)F)[C@H](C(=O)O)C2)c1. The third-order valence-electron chi connectivity index (χ3n) is 4.27. The molecule has 0 bridgehead atoms. The predicted octanol–water partition coefficient (Wildman–Crippen LogP) is 3.13. The molecule has 1 aromatic carbocycles. The van der Waals surface area contributed by atoms with E-state index < -0.39 is 43.1 Å². The maximum absolute atomic E-state index is 13.0. The number of carboxylic acids is 1. The number of carbonyl (C=O) groups is 2. The Morgan fingerprint density at radius 2 is 2.04 bits per heavy atom. The van der Waals surface area contributed by atoms with Crippen molar-refractivity contribution in [3.05, 3.63) is 29.8 Å². The van der Waals surface area contributed by atoms with Crippen LogP contribution in [0.2, 0.25) is 0 Å². The fraction of sp³-hybridized carbons (Fsp3) is 0.556. The number of aliphatic carboxylic acids is 1. The molecule has 0 unspecified atom stereocenters. The number of carboxylic acid groups (broad SMARTS) is 1. The summed E-state index contributed by atoms with van der Waals surface area (Å²) in [6, 6.07) is 6.31. The smallest absolute Gasteiger partial charge is 0.394 e. The molecule has 1 aromatic rings. The Hall–Kier alpha value is -2.45. The van der Waals surface area contributed by atoms with Gasteiger partial charge in [0, 0.05) is 19.6 Å². The predicted molar refractivity (Wildman–Crippen MR) is 91.3 cm³/mol. The molecule has 0 aromatic heterocycles. The van der Waals surface area contributed by atoms with E-state index in [4.69, 9.17) is 9.84 Å². The van der Waals surface area contributed by atoms with Gasteiger partial charge in [-0.25, -0.2) is 4.79 Å². The summed E-state index contributed by atoms with van der Waals surface area (Å²) in [5, 5.41) is 11.5. The number of nitrogens with one attached hydrogen (secondary N) is 1. The largest absolute Gasteiger partial charge is 0.493 e. The normalized spacial score (nSPS) is 20.0. The molecule has 6 nitrogen and oxygen atoms in total. The highest BCUT2D eigenvalue weighted by atomic mass is 19.4. The van der Waals surface area contributed by atoms with Gasteiger partial charge in [-0.15, -0.1) is 0 Å². The molecular weight excluding hydrogens is 365 g/mol. The highest BCUT2D eigenvalue weighted by Gasteiger charge is 2.53. The Morgan fingerprint density at radius 1 is 1.33 bits per heavy atom. The van der Waals surface area contributed by atoms with Crippen LogP contribution in [0.3, 0.4) is 0 Å². The van der Waals surface area contributed by atoms with Gasteiger partial charge in [0.15, 0.2) is 0 Å². The van der Waals surface area contributed by atoms with Crippen LogP contribution in [-0.2, 0) is 11.3 Å². The summed E-state index contributed by atoms with van der Waals surface area (Å²) >= 11 is 0. The molecule has 1 aliphatic rings. The molecule has 1 fully saturated rings. The number of rotatable bonds is 6. The van der Waals surface area contributed by atoms with Crippen molar-refractivity contribution in [2.75, 3.05) is 19.7 Å². The Morgan fingerprint density at radius 3 is 2.59 bits per heavy atom. The number of hydrogen-bond donors (Lipinski definition) is 2. The lowest BCUT2D eigenvalue weighted by atomic mass is 9.96. The molecule has 2 rings (SSSR count). The van der Waals surface area contributed by atoms with E-state index in [9.17, 15) is 22.8 Å². The van der Waals surface area contributed by atoms with Gasteiger partial charge in [0.1, 0.15) is 5.75 Å². The summed E-state index contributed by atoms with van der Waals surface area (Å²) < 4.78 is 44.6. The zero-order valence-electron chi connectivity index (χ0n) is 15.1. The number of nitrogens with zero attached hydrogens (tertiary/aromatic N) is 1. The molecule has 0 saturated carbocycles. The zero-order chi connectivity index (χ0) is 20.2. The summed E-state index contributed by atoms with van der Waals surface area (Å²) in [6.07, 6.45) is -4.67. The van der Waals surface area contributed by atoms with Crippen LogP contribution in [0.1, 0.15) is 19.4 Å². The van der Waals surface area contributed by atoms with Crippen LogP contribution in [-0.4, -0.2) is 47.9 Å². The first-order valence-corrected chi connectivity index (χ1v) is 8.62. The molecule has 27 heavy (non-hydrogen) atoms. The van der Waals surface area contributed by atoms with Gasteiger partial charge < -0.3 is 20.1 Å². The third-order valence-corrected chi connectivity index (χ3v) is 4.27. The van der Waals surface area contributed by atoms with Crippen LogP contribution >= 0.6 is 0 Å². The van der Waals surface area contributed by atoms with E-state index in [0.29, 0.717) is 18.3 Å². The van der Waals surface area contributed by atoms with Gasteiger partial charge in [-0.3, -0.25) is 4.79 Å². The Kier molecular flexibility index (Phi) is 6.56. The average Bonchev–Trinajstić information content (AvgIpc) is 3.04. The fourth-order valence-electron chi connectivity index (χ4n) is 2.85. The molecule has 2 amide bonds. The van der Waals surface area contributed by atoms with E-state index in [-0.39, 0.29) is 6.54 Å². The van der Waals surface area contributed by atoms with Crippen LogP contribution in [0.4, 0.5) is 18.0 Å². The number of benzene rings is 1. The van der Waals surface area contributed by atoms with Crippen molar-refractivity contribution < 1.29 is 32.6 Å². The number of urea groups is 1. The van der Waals surface area contributed by atoms with Gasteiger partial charge in [-0.2, -0.15) is 13.2 Å². The van der Waals surface area contributed by atoms with Crippen LogP contribution in [0.25, 0.3) is 0 Å². The van der Waals surface area contributed by atoms with Gasteiger partial charge in [-0.05, 0) is 23.6 Å². The second-order valence-corrected chi connectivity index (χ2v) is 7.01. The Labute approximate surface area is 155 Å². The van der Waals surface area contributed by atoms with Crippen molar-refractivity contribution in [3.8, 4) is 5.75 Å². The van der Waals surface area contributed by atoms with E-state index in [1.807, 2.05) is 13.8 Å². The minimum absolute atomic E-state index is 0.0998. The standard InChI is InChI=1S/C18H23F3N2O4/c1-11(2)10-27-13-5-3-4-12(6-13)7-22-17(26)23-8-14(16(24)25)15(9-23)18(19,20)21/h3-6,11,14-15H,7-10H2,1-2H3,(H,22,26)(H,24,25)/t14-,15-/m1/s1. The first-order valence-electron chi connectivity index (χ1n) is 8.62. The third kappa shape index (κ3) is 5.77. The topological polar surface area (TPSA) is 78.9 Å². The number of ether oxygens (including phenoxy) is 1. The number of carbonyl (C=O) groups excluding carboxylic acids is 1. The number of amides is 2. The lowest BCUT2D eigenvalue weighted by Gasteiger charge is -2.19. The lowest BCUT2D eigenvalue weighted by molar-refractivity contribution is -0.187. The molecule has 2 atom stereocenters. The van der Waals surface area contributed by atoms with Crippen molar-refractivity contribution in [3.63, 3.8) is 0 Å². The Balaban J connectivity index is 1.94. The quantitative estimate of drug-likeness (QED) is 0.785. The maximum atomic E-state index is 13.0. The van der Waals surface area contributed by atoms with Crippen molar-refractivity contribution >= 4 is 12.0 Å². The van der Waals surface area contributed by atoms with Crippen molar-refractivity contribution in [2.45, 2.75) is 26.6 Å². The summed E-state index contributed by atoms with van der Waals surface area (Å²) in [7, 11) is 0. The molecule has 1 heterocycles. The minimum atomic E-state index is -4.67. The van der Waals surface area contributed by atoms with Crippen LogP contribution in [0, 0.1) is 17.8 Å². The van der Waals surface area contributed by atoms with E-state index in [1.54, 1.807) is 24.3 Å². The molecule has 1 aliphatic heterocycles.